The maximum Gasteiger partial charge on any atom is 0.264 e. The molecule has 0 aromatic heterocycles. The number of sulfonamides is 1. The van der Waals surface area contributed by atoms with Crippen molar-refractivity contribution in [2.24, 2.45) is 0 Å². The monoisotopic (exact) mass is 637 g/mol. The number of hydrogen-bond acceptors (Lipinski definition) is 4. The summed E-state index contributed by atoms with van der Waals surface area (Å²) in [4.78, 5) is 28.2. The molecule has 0 unspecified atom stereocenters. The van der Waals surface area contributed by atoms with Crippen molar-refractivity contribution in [1.82, 2.24) is 10.2 Å². The van der Waals surface area contributed by atoms with Gasteiger partial charge in [-0.3, -0.25) is 13.9 Å². The SMILES string of the molecule is CC[C@@H](C)NC(=O)[C@H](C)N(Cc1ccc(Br)cc1)C(=O)CN(c1ccc(F)c(Cl)c1)S(=O)(=O)c1ccccc1. The summed E-state index contributed by atoms with van der Waals surface area (Å²) in [5.41, 5.74) is 0.760. The van der Waals surface area contributed by atoms with Gasteiger partial charge in [-0.15, -0.1) is 0 Å². The first-order chi connectivity index (χ1) is 18.4. The molecule has 11 heteroatoms. The molecule has 0 fully saturated rings. The summed E-state index contributed by atoms with van der Waals surface area (Å²) in [6.45, 7) is 4.80. The highest BCUT2D eigenvalue weighted by atomic mass is 79.9. The summed E-state index contributed by atoms with van der Waals surface area (Å²) >= 11 is 9.36. The zero-order chi connectivity index (χ0) is 28.7. The predicted octanol–water partition coefficient (Wildman–Crippen LogP) is 5.77. The van der Waals surface area contributed by atoms with E-state index in [0.29, 0.717) is 6.42 Å². The molecule has 0 aliphatic heterocycles. The Bertz CT molecular complexity index is 1410. The molecule has 0 radical (unpaired) electrons. The molecular weight excluding hydrogens is 609 g/mol. The van der Waals surface area contributed by atoms with Crippen molar-refractivity contribution < 1.29 is 22.4 Å². The molecule has 2 atom stereocenters. The Morgan fingerprint density at radius 2 is 1.67 bits per heavy atom. The minimum absolute atomic E-state index is 0.0129. The highest BCUT2D eigenvalue weighted by Gasteiger charge is 2.33. The lowest BCUT2D eigenvalue weighted by atomic mass is 10.1. The third-order valence-corrected chi connectivity index (χ3v) is 8.84. The van der Waals surface area contributed by atoms with Crippen LogP contribution in [0.1, 0.15) is 32.8 Å². The minimum Gasteiger partial charge on any atom is -0.352 e. The Labute approximate surface area is 242 Å². The third kappa shape index (κ3) is 7.80. The van der Waals surface area contributed by atoms with Gasteiger partial charge in [-0.25, -0.2) is 12.8 Å². The Hall–Kier alpha value is -2.95. The van der Waals surface area contributed by atoms with Crippen LogP contribution in [0.5, 0.6) is 0 Å². The zero-order valence-corrected chi connectivity index (χ0v) is 24.9. The van der Waals surface area contributed by atoms with E-state index in [1.165, 1.54) is 23.1 Å². The van der Waals surface area contributed by atoms with Gasteiger partial charge < -0.3 is 10.2 Å². The summed E-state index contributed by atoms with van der Waals surface area (Å²) in [5, 5.41) is 2.59. The number of hydrogen-bond donors (Lipinski definition) is 1. The fraction of sp³-hybridized carbons (Fsp3) is 0.286. The van der Waals surface area contributed by atoms with Gasteiger partial charge >= 0.3 is 0 Å². The first kappa shape index (κ1) is 30.6. The number of carbonyl (C=O) groups is 2. The number of carbonyl (C=O) groups excluding carboxylic acids is 2. The van der Waals surface area contributed by atoms with Crippen molar-refractivity contribution in [2.75, 3.05) is 10.8 Å². The van der Waals surface area contributed by atoms with Crippen molar-refractivity contribution in [3.63, 3.8) is 0 Å². The van der Waals surface area contributed by atoms with Gasteiger partial charge in [0.25, 0.3) is 10.0 Å². The van der Waals surface area contributed by atoms with Gasteiger partial charge in [0.15, 0.2) is 0 Å². The van der Waals surface area contributed by atoms with E-state index in [-0.39, 0.29) is 34.1 Å². The molecule has 7 nitrogen and oxygen atoms in total. The molecule has 3 rings (SSSR count). The second kappa shape index (κ2) is 13.4. The summed E-state index contributed by atoms with van der Waals surface area (Å²) in [6.07, 6.45) is 0.702. The predicted molar refractivity (Wildman–Crippen MR) is 154 cm³/mol. The number of nitrogens with one attached hydrogen (secondary N) is 1. The van der Waals surface area contributed by atoms with E-state index in [2.05, 4.69) is 21.2 Å². The number of benzene rings is 3. The number of rotatable bonds is 11. The highest BCUT2D eigenvalue weighted by molar-refractivity contribution is 9.10. The molecule has 1 N–H and O–H groups in total. The number of nitrogens with zero attached hydrogens (tertiary/aromatic N) is 2. The van der Waals surface area contributed by atoms with E-state index in [0.717, 1.165) is 26.5 Å². The van der Waals surface area contributed by atoms with Gasteiger partial charge in [0.05, 0.1) is 15.6 Å². The normalized spacial score (nSPS) is 12.9. The molecule has 0 spiro atoms. The van der Waals surface area contributed by atoms with Crippen LogP contribution in [0.4, 0.5) is 10.1 Å². The molecule has 2 amide bonds. The van der Waals surface area contributed by atoms with Crippen LogP contribution in [0.2, 0.25) is 5.02 Å². The Balaban J connectivity index is 2.03. The van der Waals surface area contributed by atoms with Crippen LogP contribution >= 0.6 is 27.5 Å². The topological polar surface area (TPSA) is 86.8 Å². The lowest BCUT2D eigenvalue weighted by Gasteiger charge is -2.32. The average Bonchev–Trinajstić information content (AvgIpc) is 2.92. The highest BCUT2D eigenvalue weighted by Crippen LogP contribution is 2.28. The smallest absolute Gasteiger partial charge is 0.264 e. The fourth-order valence-corrected chi connectivity index (χ4v) is 5.59. The molecule has 3 aromatic carbocycles. The number of anilines is 1. The maximum atomic E-state index is 13.9. The van der Waals surface area contributed by atoms with Crippen molar-refractivity contribution in [3.8, 4) is 0 Å². The Morgan fingerprint density at radius 1 is 1.03 bits per heavy atom. The lowest BCUT2D eigenvalue weighted by Crippen LogP contribution is -2.52. The minimum atomic E-state index is -4.26. The second-order valence-corrected chi connectivity index (χ2v) is 12.3. The van der Waals surface area contributed by atoms with Crippen molar-refractivity contribution >= 4 is 55.1 Å². The third-order valence-electron chi connectivity index (χ3n) is 6.24. The standard InChI is InChI=1S/C28H30BrClFN3O4S/c1-4-19(2)32-28(36)20(3)33(17-21-10-12-22(29)13-11-21)27(35)18-34(23-14-15-26(31)25(30)16-23)39(37,38)24-8-6-5-7-9-24/h5-16,19-20H,4,17-18H2,1-3H3,(H,32,36)/t19-,20+/m1/s1. The van der Waals surface area contributed by atoms with Gasteiger partial charge in [0.1, 0.15) is 18.4 Å². The quantitative estimate of drug-likeness (QED) is 0.289. The summed E-state index contributed by atoms with van der Waals surface area (Å²) in [5.74, 6) is -1.71. The van der Waals surface area contributed by atoms with Gasteiger partial charge in [0, 0.05) is 17.1 Å². The first-order valence-corrected chi connectivity index (χ1v) is 14.9. The van der Waals surface area contributed by atoms with E-state index in [1.54, 1.807) is 25.1 Å². The molecule has 3 aromatic rings. The molecule has 0 saturated carbocycles. The number of amides is 2. The molecule has 0 aliphatic rings. The molecule has 0 bridgehead atoms. The molecular formula is C28H30BrClFN3O4S. The largest absolute Gasteiger partial charge is 0.352 e. The second-order valence-electron chi connectivity index (χ2n) is 9.07. The maximum absolute atomic E-state index is 13.9. The van der Waals surface area contributed by atoms with Gasteiger partial charge in [-0.1, -0.05) is 64.8 Å². The van der Waals surface area contributed by atoms with Crippen molar-refractivity contribution in [1.29, 1.82) is 0 Å². The Kier molecular flexibility index (Phi) is 10.5. The first-order valence-electron chi connectivity index (χ1n) is 12.3. The van der Waals surface area contributed by atoms with E-state index >= 15 is 0 Å². The van der Waals surface area contributed by atoms with E-state index < -0.39 is 34.3 Å². The van der Waals surface area contributed by atoms with Crippen LogP contribution in [0.3, 0.4) is 0 Å². The fourth-order valence-electron chi connectivity index (χ4n) is 3.72. The van der Waals surface area contributed by atoms with Crippen LogP contribution in [0, 0.1) is 5.82 Å². The number of halogens is 3. The Morgan fingerprint density at radius 3 is 2.26 bits per heavy atom. The summed E-state index contributed by atoms with van der Waals surface area (Å²) in [7, 11) is -4.26. The average molecular weight is 639 g/mol. The lowest BCUT2D eigenvalue weighted by molar-refractivity contribution is -0.139. The van der Waals surface area contributed by atoms with Crippen molar-refractivity contribution in [3.05, 3.63) is 93.7 Å². The van der Waals surface area contributed by atoms with Gasteiger partial charge in [0.2, 0.25) is 11.8 Å². The summed E-state index contributed by atoms with van der Waals surface area (Å²) < 4.78 is 43.1. The van der Waals surface area contributed by atoms with Crippen LogP contribution in [0.15, 0.2) is 82.2 Å². The summed E-state index contributed by atoms with van der Waals surface area (Å²) in [6, 6.07) is 17.3. The van der Waals surface area contributed by atoms with Gasteiger partial charge in [-0.05, 0) is 68.3 Å². The van der Waals surface area contributed by atoms with Crippen molar-refractivity contribution in [2.45, 2.75) is 50.7 Å². The molecule has 0 aliphatic carbocycles. The molecule has 0 heterocycles. The van der Waals surface area contributed by atoms with E-state index in [9.17, 15) is 22.4 Å². The molecule has 0 saturated heterocycles. The molecule has 39 heavy (non-hydrogen) atoms. The van der Waals surface area contributed by atoms with Crippen LogP contribution in [0.25, 0.3) is 0 Å². The zero-order valence-electron chi connectivity index (χ0n) is 21.8. The van der Waals surface area contributed by atoms with Crippen LogP contribution in [-0.2, 0) is 26.2 Å². The van der Waals surface area contributed by atoms with Crippen LogP contribution in [-0.4, -0.2) is 43.8 Å². The molecule has 208 valence electrons. The van der Waals surface area contributed by atoms with E-state index in [1.807, 2.05) is 38.1 Å². The van der Waals surface area contributed by atoms with Gasteiger partial charge in [-0.2, -0.15) is 0 Å². The van der Waals surface area contributed by atoms with E-state index in [4.69, 9.17) is 11.6 Å². The van der Waals surface area contributed by atoms with Crippen LogP contribution < -0.4 is 9.62 Å².